The number of aromatic nitrogens is 3. The summed E-state index contributed by atoms with van der Waals surface area (Å²) in [6.07, 6.45) is 3.13. The molecular formula is C15H13N5O. The molecule has 6 heteroatoms. The number of nitrogens with one attached hydrogen (secondary N) is 1. The van der Waals surface area contributed by atoms with Crippen LogP contribution in [0.4, 0.5) is 11.6 Å². The van der Waals surface area contributed by atoms with Crippen molar-refractivity contribution in [3.05, 3.63) is 54.0 Å². The third-order valence-electron chi connectivity index (χ3n) is 3.00. The van der Waals surface area contributed by atoms with E-state index < -0.39 is 0 Å². The summed E-state index contributed by atoms with van der Waals surface area (Å²) in [5.41, 5.74) is 8.36. The minimum Gasteiger partial charge on any atom is -0.399 e. The Morgan fingerprint density at radius 1 is 1.19 bits per heavy atom. The number of amides is 1. The van der Waals surface area contributed by atoms with Crippen LogP contribution < -0.4 is 11.1 Å². The van der Waals surface area contributed by atoms with E-state index in [9.17, 15) is 4.79 Å². The van der Waals surface area contributed by atoms with Crippen LogP contribution in [0.2, 0.25) is 0 Å². The maximum atomic E-state index is 12.4. The molecule has 3 aromatic rings. The monoisotopic (exact) mass is 279 g/mol. The van der Waals surface area contributed by atoms with Crippen LogP contribution in [0.3, 0.4) is 0 Å². The minimum absolute atomic E-state index is 0.258. The van der Waals surface area contributed by atoms with Crippen LogP contribution in [0.15, 0.2) is 42.7 Å². The van der Waals surface area contributed by atoms with Gasteiger partial charge in [-0.25, -0.2) is 9.97 Å². The Hall–Kier alpha value is -3.02. The number of anilines is 2. The van der Waals surface area contributed by atoms with Crippen molar-refractivity contribution in [2.24, 2.45) is 0 Å². The molecule has 0 aliphatic rings. The number of nitrogens with zero attached hydrogens (tertiary/aromatic N) is 3. The standard InChI is InChI=1S/C15H13N5O/c1-9-7-12(11-8-10(16)3-4-13(11)19-9)14(21)20-15-17-5-2-6-18-15/h2-8H,16H2,1H3,(H,17,18,20,21). The van der Waals surface area contributed by atoms with Crippen molar-refractivity contribution < 1.29 is 4.79 Å². The first-order valence-electron chi connectivity index (χ1n) is 6.39. The highest BCUT2D eigenvalue weighted by molar-refractivity contribution is 6.12. The van der Waals surface area contributed by atoms with Gasteiger partial charge >= 0.3 is 0 Å². The number of aryl methyl sites for hydroxylation is 1. The molecule has 3 N–H and O–H groups in total. The number of hydrogen-bond acceptors (Lipinski definition) is 5. The van der Waals surface area contributed by atoms with E-state index in [0.29, 0.717) is 16.6 Å². The van der Waals surface area contributed by atoms with Crippen LogP contribution in [0, 0.1) is 6.92 Å². The van der Waals surface area contributed by atoms with Crippen LogP contribution in [-0.4, -0.2) is 20.9 Å². The summed E-state index contributed by atoms with van der Waals surface area (Å²) < 4.78 is 0. The molecule has 6 nitrogen and oxygen atoms in total. The van der Waals surface area contributed by atoms with Gasteiger partial charge in [-0.3, -0.25) is 15.1 Å². The van der Waals surface area contributed by atoms with Gasteiger partial charge in [0.15, 0.2) is 0 Å². The minimum atomic E-state index is -0.290. The predicted octanol–water partition coefficient (Wildman–Crippen LogP) is 2.17. The smallest absolute Gasteiger partial charge is 0.258 e. The molecule has 1 aromatic carbocycles. The van der Waals surface area contributed by atoms with Crippen LogP contribution in [0.25, 0.3) is 10.9 Å². The summed E-state index contributed by atoms with van der Waals surface area (Å²) in [6, 6.07) is 8.70. The molecule has 0 radical (unpaired) electrons. The van der Waals surface area contributed by atoms with Gasteiger partial charge < -0.3 is 5.73 Å². The van der Waals surface area contributed by atoms with Crippen LogP contribution in [0.5, 0.6) is 0 Å². The van der Waals surface area contributed by atoms with Gasteiger partial charge in [-0.15, -0.1) is 0 Å². The highest BCUT2D eigenvalue weighted by Crippen LogP contribution is 2.21. The highest BCUT2D eigenvalue weighted by atomic mass is 16.1. The Morgan fingerprint density at radius 3 is 2.71 bits per heavy atom. The van der Waals surface area contributed by atoms with Crippen LogP contribution >= 0.6 is 0 Å². The fourth-order valence-corrected chi connectivity index (χ4v) is 2.10. The predicted molar refractivity (Wildman–Crippen MR) is 80.9 cm³/mol. The molecule has 104 valence electrons. The van der Waals surface area contributed by atoms with E-state index in [1.54, 1.807) is 42.7 Å². The Labute approximate surface area is 121 Å². The number of nitrogen functional groups attached to an aromatic ring is 1. The lowest BCUT2D eigenvalue weighted by Gasteiger charge is -2.08. The number of pyridine rings is 1. The van der Waals surface area contributed by atoms with E-state index in [-0.39, 0.29) is 11.9 Å². The number of carbonyl (C=O) groups is 1. The summed E-state index contributed by atoms with van der Waals surface area (Å²) in [4.78, 5) is 24.8. The first-order valence-corrected chi connectivity index (χ1v) is 6.39. The zero-order valence-electron chi connectivity index (χ0n) is 11.4. The van der Waals surface area contributed by atoms with Crippen molar-refractivity contribution in [3.8, 4) is 0 Å². The van der Waals surface area contributed by atoms with E-state index in [0.717, 1.165) is 11.2 Å². The molecule has 0 bridgehead atoms. The van der Waals surface area contributed by atoms with Crippen molar-refractivity contribution in [3.63, 3.8) is 0 Å². The SMILES string of the molecule is Cc1cc(C(=O)Nc2ncccn2)c2cc(N)ccc2n1. The van der Waals surface area contributed by atoms with Crippen molar-refractivity contribution in [1.29, 1.82) is 0 Å². The second kappa shape index (κ2) is 5.16. The van der Waals surface area contributed by atoms with Gasteiger partial charge in [0.1, 0.15) is 0 Å². The van der Waals surface area contributed by atoms with Crippen molar-refractivity contribution in [1.82, 2.24) is 15.0 Å². The van der Waals surface area contributed by atoms with Gasteiger partial charge in [0, 0.05) is 29.2 Å². The zero-order valence-corrected chi connectivity index (χ0v) is 11.4. The normalized spacial score (nSPS) is 10.5. The molecule has 0 fully saturated rings. The summed E-state index contributed by atoms with van der Waals surface area (Å²) in [5, 5.41) is 3.37. The number of fused-ring (bicyclic) bond motifs is 1. The molecular weight excluding hydrogens is 266 g/mol. The Kier molecular flexibility index (Phi) is 3.19. The van der Waals surface area contributed by atoms with Gasteiger partial charge in [0.05, 0.1) is 11.1 Å². The van der Waals surface area contributed by atoms with Crippen LogP contribution in [0.1, 0.15) is 16.1 Å². The topological polar surface area (TPSA) is 93.8 Å². The number of hydrogen-bond donors (Lipinski definition) is 2. The zero-order chi connectivity index (χ0) is 14.8. The molecule has 0 aliphatic heterocycles. The molecule has 3 rings (SSSR count). The maximum Gasteiger partial charge on any atom is 0.258 e. The average molecular weight is 279 g/mol. The van der Waals surface area contributed by atoms with Gasteiger partial charge in [-0.05, 0) is 37.3 Å². The summed E-state index contributed by atoms with van der Waals surface area (Å²) in [7, 11) is 0. The van der Waals surface area contributed by atoms with Gasteiger partial charge in [-0.2, -0.15) is 0 Å². The number of carbonyl (C=O) groups excluding carboxylic acids is 1. The molecule has 2 aromatic heterocycles. The number of benzene rings is 1. The van der Waals surface area contributed by atoms with E-state index in [2.05, 4.69) is 20.3 Å². The van der Waals surface area contributed by atoms with Crippen molar-refractivity contribution in [2.75, 3.05) is 11.1 Å². The molecule has 0 unspecified atom stereocenters. The third-order valence-corrected chi connectivity index (χ3v) is 3.00. The molecule has 0 atom stereocenters. The number of nitrogens with two attached hydrogens (primary N) is 1. The van der Waals surface area contributed by atoms with E-state index in [4.69, 9.17) is 5.73 Å². The largest absolute Gasteiger partial charge is 0.399 e. The van der Waals surface area contributed by atoms with Gasteiger partial charge in [0.25, 0.3) is 5.91 Å². The quantitative estimate of drug-likeness (QED) is 0.701. The third kappa shape index (κ3) is 2.64. The molecule has 0 saturated carbocycles. The molecule has 2 heterocycles. The van der Waals surface area contributed by atoms with Gasteiger partial charge in [-0.1, -0.05) is 0 Å². The average Bonchev–Trinajstić information content (AvgIpc) is 2.48. The summed E-state index contributed by atoms with van der Waals surface area (Å²) in [5.74, 6) is -0.0312. The molecule has 0 saturated heterocycles. The lowest BCUT2D eigenvalue weighted by atomic mass is 10.1. The lowest BCUT2D eigenvalue weighted by molar-refractivity contribution is 0.102. The second-order valence-electron chi connectivity index (χ2n) is 4.61. The maximum absolute atomic E-state index is 12.4. The summed E-state index contributed by atoms with van der Waals surface area (Å²) in [6.45, 7) is 1.84. The Balaban J connectivity index is 2.06. The van der Waals surface area contributed by atoms with Gasteiger partial charge in [0.2, 0.25) is 5.95 Å². The lowest BCUT2D eigenvalue weighted by Crippen LogP contribution is -2.15. The summed E-state index contributed by atoms with van der Waals surface area (Å²) >= 11 is 0. The second-order valence-corrected chi connectivity index (χ2v) is 4.61. The molecule has 1 amide bonds. The molecule has 0 aliphatic carbocycles. The van der Waals surface area contributed by atoms with Crippen molar-refractivity contribution >= 4 is 28.4 Å². The first-order chi connectivity index (χ1) is 10.1. The Morgan fingerprint density at radius 2 is 1.95 bits per heavy atom. The number of rotatable bonds is 2. The molecule has 0 spiro atoms. The van der Waals surface area contributed by atoms with E-state index >= 15 is 0 Å². The van der Waals surface area contributed by atoms with Crippen molar-refractivity contribution in [2.45, 2.75) is 6.92 Å². The van der Waals surface area contributed by atoms with E-state index in [1.165, 1.54) is 0 Å². The highest BCUT2D eigenvalue weighted by Gasteiger charge is 2.13. The fraction of sp³-hybridized carbons (Fsp3) is 0.0667. The fourth-order valence-electron chi connectivity index (χ4n) is 2.10. The van der Waals surface area contributed by atoms with E-state index in [1.807, 2.05) is 6.92 Å². The molecule has 21 heavy (non-hydrogen) atoms. The first kappa shape index (κ1) is 13.0. The Bertz CT molecular complexity index is 817. The van der Waals surface area contributed by atoms with Crippen LogP contribution in [-0.2, 0) is 0 Å².